The molecule has 0 aliphatic carbocycles. The number of ether oxygens (including phenoxy) is 3. The summed E-state index contributed by atoms with van der Waals surface area (Å²) in [6.07, 6.45) is 0.895. The fourth-order valence-corrected chi connectivity index (χ4v) is 3.53. The number of carbonyl (C=O) groups is 1. The highest BCUT2D eigenvalue weighted by atomic mass is 16.5. The number of amides is 1. The molecule has 5 nitrogen and oxygen atoms in total. The first-order chi connectivity index (χ1) is 15.0. The standard InChI is InChI=1S/C26H29NO4/c1-18-10-13-21(14-11-18)25(20-8-6-5-7-9-20)27-24(28)15-12-19-16-22(29-2)26(31-4)23(17-19)30-3/h5-11,13-14,16-17,25H,12,15H2,1-4H3,(H,27,28)/t25-/m0/s1. The highest BCUT2D eigenvalue weighted by molar-refractivity contribution is 5.77. The van der Waals surface area contributed by atoms with E-state index >= 15 is 0 Å². The fourth-order valence-electron chi connectivity index (χ4n) is 3.53. The zero-order chi connectivity index (χ0) is 22.2. The van der Waals surface area contributed by atoms with E-state index in [1.165, 1.54) is 5.56 Å². The molecule has 3 aromatic carbocycles. The summed E-state index contributed by atoms with van der Waals surface area (Å²) >= 11 is 0. The SMILES string of the molecule is COc1cc(CCC(=O)N[C@@H](c2ccccc2)c2ccc(C)cc2)cc(OC)c1OC. The van der Waals surface area contributed by atoms with Crippen LogP contribution in [-0.4, -0.2) is 27.2 Å². The highest BCUT2D eigenvalue weighted by Crippen LogP contribution is 2.38. The van der Waals surface area contributed by atoms with Gasteiger partial charge >= 0.3 is 0 Å². The molecule has 3 aromatic rings. The summed E-state index contributed by atoms with van der Waals surface area (Å²) in [5.74, 6) is 1.68. The molecule has 0 fully saturated rings. The Balaban J connectivity index is 1.75. The van der Waals surface area contributed by atoms with Gasteiger partial charge in [0.2, 0.25) is 11.7 Å². The van der Waals surface area contributed by atoms with E-state index < -0.39 is 0 Å². The summed E-state index contributed by atoms with van der Waals surface area (Å²) in [6, 6.07) is 21.8. The first-order valence-corrected chi connectivity index (χ1v) is 10.3. The summed E-state index contributed by atoms with van der Waals surface area (Å²) in [6.45, 7) is 2.05. The van der Waals surface area contributed by atoms with Gasteiger partial charge in [-0.1, -0.05) is 60.2 Å². The molecule has 31 heavy (non-hydrogen) atoms. The maximum absolute atomic E-state index is 12.9. The molecule has 0 aliphatic heterocycles. The van der Waals surface area contributed by atoms with E-state index in [2.05, 4.69) is 36.5 Å². The molecule has 1 amide bonds. The van der Waals surface area contributed by atoms with Crippen LogP contribution in [0.2, 0.25) is 0 Å². The Kier molecular flexibility index (Phi) is 7.55. The molecule has 0 spiro atoms. The van der Waals surface area contributed by atoms with Gasteiger partial charge in [-0.15, -0.1) is 0 Å². The Bertz CT molecular complexity index is 975. The van der Waals surface area contributed by atoms with Gasteiger partial charge in [0.1, 0.15) is 0 Å². The monoisotopic (exact) mass is 419 g/mol. The van der Waals surface area contributed by atoms with Crippen LogP contribution in [0, 0.1) is 6.92 Å². The zero-order valence-electron chi connectivity index (χ0n) is 18.5. The van der Waals surface area contributed by atoms with Crippen LogP contribution in [0.15, 0.2) is 66.7 Å². The quantitative estimate of drug-likeness (QED) is 0.538. The van der Waals surface area contributed by atoms with Crippen molar-refractivity contribution >= 4 is 5.91 Å². The molecule has 1 N–H and O–H groups in total. The van der Waals surface area contributed by atoms with Gasteiger partial charge in [-0.3, -0.25) is 4.79 Å². The van der Waals surface area contributed by atoms with Gasteiger partial charge in [0.05, 0.1) is 27.4 Å². The Morgan fingerprint density at radius 2 is 1.42 bits per heavy atom. The van der Waals surface area contributed by atoms with E-state index in [1.54, 1.807) is 21.3 Å². The van der Waals surface area contributed by atoms with Crippen LogP contribution in [0.25, 0.3) is 0 Å². The van der Waals surface area contributed by atoms with E-state index in [-0.39, 0.29) is 11.9 Å². The van der Waals surface area contributed by atoms with E-state index in [4.69, 9.17) is 14.2 Å². The van der Waals surface area contributed by atoms with Crippen molar-refractivity contribution in [1.82, 2.24) is 5.32 Å². The van der Waals surface area contributed by atoms with E-state index in [1.807, 2.05) is 42.5 Å². The van der Waals surface area contributed by atoms with Crippen LogP contribution in [0.1, 0.15) is 34.7 Å². The number of methoxy groups -OCH3 is 3. The topological polar surface area (TPSA) is 56.8 Å². The number of rotatable bonds is 9. The molecule has 0 bridgehead atoms. The Labute approximate surface area is 184 Å². The molecular weight excluding hydrogens is 390 g/mol. The second kappa shape index (κ2) is 10.5. The fraction of sp³-hybridized carbons (Fsp3) is 0.269. The average Bonchev–Trinajstić information content (AvgIpc) is 2.81. The van der Waals surface area contributed by atoms with Crippen molar-refractivity contribution < 1.29 is 19.0 Å². The third kappa shape index (κ3) is 5.57. The van der Waals surface area contributed by atoms with Gasteiger partial charge in [-0.25, -0.2) is 0 Å². The molecule has 3 rings (SSSR count). The van der Waals surface area contributed by atoms with Crippen molar-refractivity contribution in [2.45, 2.75) is 25.8 Å². The molecule has 0 unspecified atom stereocenters. The molecule has 0 aliphatic rings. The van der Waals surface area contributed by atoms with Crippen molar-refractivity contribution in [1.29, 1.82) is 0 Å². The van der Waals surface area contributed by atoms with E-state index in [0.717, 1.165) is 16.7 Å². The molecule has 0 heterocycles. The molecule has 5 heteroatoms. The molecule has 0 radical (unpaired) electrons. The molecule has 0 saturated heterocycles. The van der Waals surface area contributed by atoms with Crippen LogP contribution < -0.4 is 19.5 Å². The summed E-state index contributed by atoms with van der Waals surface area (Å²) in [5, 5.41) is 3.19. The summed E-state index contributed by atoms with van der Waals surface area (Å²) in [5.41, 5.74) is 4.23. The minimum absolute atomic E-state index is 0.0248. The molecule has 0 saturated carbocycles. The normalized spacial score (nSPS) is 11.5. The van der Waals surface area contributed by atoms with Crippen molar-refractivity contribution in [3.63, 3.8) is 0 Å². The number of benzene rings is 3. The van der Waals surface area contributed by atoms with Gasteiger partial charge in [0.15, 0.2) is 11.5 Å². The van der Waals surface area contributed by atoms with Crippen LogP contribution >= 0.6 is 0 Å². The first kappa shape index (κ1) is 22.2. The Hall–Kier alpha value is -3.47. The maximum Gasteiger partial charge on any atom is 0.221 e. The predicted octanol–water partition coefficient (Wildman–Crippen LogP) is 4.86. The lowest BCUT2D eigenvalue weighted by Crippen LogP contribution is -2.29. The van der Waals surface area contributed by atoms with E-state index in [0.29, 0.717) is 30.1 Å². The van der Waals surface area contributed by atoms with Crippen molar-refractivity contribution in [3.8, 4) is 17.2 Å². The Morgan fingerprint density at radius 3 is 1.97 bits per heavy atom. The van der Waals surface area contributed by atoms with Gasteiger partial charge < -0.3 is 19.5 Å². The minimum Gasteiger partial charge on any atom is -0.493 e. The molecular formula is C26H29NO4. The number of carbonyl (C=O) groups excluding carboxylic acids is 1. The number of hydrogen-bond acceptors (Lipinski definition) is 4. The second-order valence-electron chi connectivity index (χ2n) is 7.36. The average molecular weight is 420 g/mol. The van der Waals surface area contributed by atoms with Crippen LogP contribution in [0.3, 0.4) is 0 Å². The third-order valence-electron chi connectivity index (χ3n) is 5.21. The van der Waals surface area contributed by atoms with Gasteiger partial charge in [-0.05, 0) is 42.2 Å². The molecule has 0 aromatic heterocycles. The van der Waals surface area contributed by atoms with Crippen molar-refractivity contribution in [3.05, 3.63) is 89.0 Å². The summed E-state index contributed by atoms with van der Waals surface area (Å²) in [7, 11) is 4.74. The zero-order valence-corrected chi connectivity index (χ0v) is 18.5. The smallest absolute Gasteiger partial charge is 0.221 e. The van der Waals surface area contributed by atoms with Gasteiger partial charge in [0.25, 0.3) is 0 Å². The second-order valence-corrected chi connectivity index (χ2v) is 7.36. The summed E-state index contributed by atoms with van der Waals surface area (Å²) < 4.78 is 16.2. The molecule has 1 atom stereocenters. The molecule has 162 valence electrons. The van der Waals surface area contributed by atoms with Crippen LogP contribution in [0.5, 0.6) is 17.2 Å². The van der Waals surface area contributed by atoms with Crippen LogP contribution in [-0.2, 0) is 11.2 Å². The largest absolute Gasteiger partial charge is 0.493 e. The van der Waals surface area contributed by atoms with Gasteiger partial charge in [-0.2, -0.15) is 0 Å². The lowest BCUT2D eigenvalue weighted by atomic mass is 9.97. The number of nitrogens with one attached hydrogen (secondary N) is 1. The minimum atomic E-state index is -0.200. The lowest BCUT2D eigenvalue weighted by Gasteiger charge is -2.20. The highest BCUT2D eigenvalue weighted by Gasteiger charge is 2.18. The Morgan fingerprint density at radius 1 is 0.839 bits per heavy atom. The maximum atomic E-state index is 12.9. The first-order valence-electron chi connectivity index (χ1n) is 10.3. The third-order valence-corrected chi connectivity index (χ3v) is 5.21. The van der Waals surface area contributed by atoms with Crippen molar-refractivity contribution in [2.24, 2.45) is 0 Å². The number of hydrogen-bond donors (Lipinski definition) is 1. The van der Waals surface area contributed by atoms with E-state index in [9.17, 15) is 4.79 Å². The van der Waals surface area contributed by atoms with Gasteiger partial charge in [0, 0.05) is 6.42 Å². The number of aryl methyl sites for hydroxylation is 2. The summed E-state index contributed by atoms with van der Waals surface area (Å²) in [4.78, 5) is 12.9. The lowest BCUT2D eigenvalue weighted by molar-refractivity contribution is -0.121. The predicted molar refractivity (Wildman–Crippen MR) is 122 cm³/mol. The van der Waals surface area contributed by atoms with Crippen molar-refractivity contribution in [2.75, 3.05) is 21.3 Å². The van der Waals surface area contributed by atoms with Crippen LogP contribution in [0.4, 0.5) is 0 Å².